The summed E-state index contributed by atoms with van der Waals surface area (Å²) in [6, 6.07) is 4.19. The second-order valence-electron chi connectivity index (χ2n) is 4.14. The Balaban J connectivity index is 2.05. The average molecular weight is 222 g/mol. The van der Waals surface area contributed by atoms with Crippen molar-refractivity contribution in [2.45, 2.75) is 27.1 Å². The minimum Gasteiger partial charge on any atom is -0.488 e. The van der Waals surface area contributed by atoms with Gasteiger partial charge in [0.05, 0.1) is 13.2 Å². The van der Waals surface area contributed by atoms with Gasteiger partial charge in [-0.05, 0) is 37.5 Å². The Labute approximate surface area is 96.3 Å². The first kappa shape index (κ1) is 11.4. The fourth-order valence-electron chi connectivity index (χ4n) is 1.80. The zero-order valence-electron chi connectivity index (χ0n) is 10.1. The van der Waals surface area contributed by atoms with Crippen LogP contribution in [0.25, 0.3) is 0 Å². The van der Waals surface area contributed by atoms with Crippen molar-refractivity contribution in [3.05, 3.63) is 28.8 Å². The lowest BCUT2D eigenvalue weighted by Crippen LogP contribution is -2.19. The van der Waals surface area contributed by atoms with E-state index in [9.17, 15) is 0 Å². The highest BCUT2D eigenvalue weighted by atomic mass is 16.7. The summed E-state index contributed by atoms with van der Waals surface area (Å²) in [7, 11) is 0. The predicted molar refractivity (Wildman–Crippen MR) is 61.8 cm³/mol. The van der Waals surface area contributed by atoms with Gasteiger partial charge < -0.3 is 14.2 Å². The van der Waals surface area contributed by atoms with E-state index in [1.807, 2.05) is 0 Å². The molecule has 1 heterocycles. The molecule has 1 aliphatic rings. The summed E-state index contributed by atoms with van der Waals surface area (Å²) in [5.41, 5.74) is 3.59. The van der Waals surface area contributed by atoms with Crippen molar-refractivity contribution >= 4 is 0 Å². The van der Waals surface area contributed by atoms with Gasteiger partial charge in [0.25, 0.3) is 0 Å². The number of ether oxygens (including phenoxy) is 3. The summed E-state index contributed by atoms with van der Waals surface area (Å²) in [6.07, 6.45) is -0.209. The van der Waals surface area contributed by atoms with Crippen LogP contribution >= 0.6 is 0 Å². The van der Waals surface area contributed by atoms with Crippen molar-refractivity contribution < 1.29 is 14.2 Å². The van der Waals surface area contributed by atoms with E-state index < -0.39 is 0 Å². The maximum atomic E-state index is 5.78. The molecule has 0 amide bonds. The first-order valence-electron chi connectivity index (χ1n) is 5.61. The van der Waals surface area contributed by atoms with Crippen molar-refractivity contribution in [1.29, 1.82) is 0 Å². The molecule has 0 aromatic heterocycles. The van der Waals surface area contributed by atoms with E-state index in [4.69, 9.17) is 14.2 Å². The quantitative estimate of drug-likeness (QED) is 0.785. The maximum absolute atomic E-state index is 5.78. The zero-order chi connectivity index (χ0) is 11.5. The largest absolute Gasteiger partial charge is 0.488 e. The molecule has 1 aliphatic heterocycles. The molecule has 0 N–H and O–H groups in total. The molecule has 1 aromatic rings. The van der Waals surface area contributed by atoms with E-state index in [0.717, 1.165) is 11.3 Å². The average Bonchev–Trinajstić information content (AvgIpc) is 2.77. The maximum Gasteiger partial charge on any atom is 0.191 e. The first-order chi connectivity index (χ1) is 7.68. The third kappa shape index (κ3) is 2.36. The summed E-state index contributed by atoms with van der Waals surface area (Å²) in [5, 5.41) is 0. The fourth-order valence-corrected chi connectivity index (χ4v) is 1.80. The number of benzene rings is 1. The lowest BCUT2D eigenvalue weighted by atomic mass is 10.1. The van der Waals surface area contributed by atoms with E-state index in [2.05, 4.69) is 32.9 Å². The van der Waals surface area contributed by atoms with Gasteiger partial charge >= 0.3 is 0 Å². The molecule has 0 saturated carbocycles. The van der Waals surface area contributed by atoms with Crippen LogP contribution in [0.15, 0.2) is 12.1 Å². The highest BCUT2D eigenvalue weighted by molar-refractivity contribution is 5.44. The smallest absolute Gasteiger partial charge is 0.191 e. The molecule has 3 nitrogen and oxygen atoms in total. The van der Waals surface area contributed by atoms with E-state index in [0.29, 0.717) is 19.8 Å². The molecular formula is C13H18O3. The van der Waals surface area contributed by atoms with Crippen LogP contribution in [-0.2, 0) is 9.47 Å². The van der Waals surface area contributed by atoms with Gasteiger partial charge in [0.2, 0.25) is 0 Å². The normalized spacial score (nSPS) is 16.7. The molecule has 0 spiro atoms. The summed E-state index contributed by atoms with van der Waals surface area (Å²) in [6.45, 7) is 8.01. The van der Waals surface area contributed by atoms with Gasteiger partial charge in [-0.15, -0.1) is 0 Å². The minimum absolute atomic E-state index is 0.209. The van der Waals surface area contributed by atoms with Gasteiger partial charge in [-0.1, -0.05) is 12.1 Å². The van der Waals surface area contributed by atoms with Crippen LogP contribution in [0.5, 0.6) is 5.75 Å². The van der Waals surface area contributed by atoms with Crippen molar-refractivity contribution in [2.75, 3.05) is 19.8 Å². The van der Waals surface area contributed by atoms with Crippen molar-refractivity contribution in [3.8, 4) is 5.75 Å². The van der Waals surface area contributed by atoms with Crippen molar-refractivity contribution in [3.63, 3.8) is 0 Å². The summed E-state index contributed by atoms with van der Waals surface area (Å²) >= 11 is 0. The topological polar surface area (TPSA) is 27.7 Å². The highest BCUT2D eigenvalue weighted by Crippen LogP contribution is 2.26. The molecule has 3 heteroatoms. The second kappa shape index (κ2) is 4.85. The van der Waals surface area contributed by atoms with Crippen LogP contribution in [0.2, 0.25) is 0 Å². The van der Waals surface area contributed by atoms with Gasteiger partial charge in [-0.25, -0.2) is 0 Å². The minimum atomic E-state index is -0.209. The molecule has 16 heavy (non-hydrogen) atoms. The molecule has 88 valence electrons. The molecule has 1 saturated heterocycles. The van der Waals surface area contributed by atoms with Crippen LogP contribution in [0, 0.1) is 20.8 Å². The fraction of sp³-hybridized carbons (Fsp3) is 0.538. The third-order valence-corrected chi connectivity index (χ3v) is 2.93. The number of aryl methyl sites for hydroxylation is 2. The monoisotopic (exact) mass is 222 g/mol. The number of hydrogen-bond acceptors (Lipinski definition) is 3. The molecule has 0 radical (unpaired) electrons. The second-order valence-corrected chi connectivity index (χ2v) is 4.14. The van der Waals surface area contributed by atoms with E-state index in [-0.39, 0.29) is 6.29 Å². The van der Waals surface area contributed by atoms with Gasteiger partial charge in [-0.2, -0.15) is 0 Å². The Morgan fingerprint density at radius 2 is 1.75 bits per heavy atom. The first-order valence-corrected chi connectivity index (χ1v) is 5.61. The van der Waals surface area contributed by atoms with Gasteiger partial charge in [0, 0.05) is 0 Å². The zero-order valence-corrected chi connectivity index (χ0v) is 10.1. The van der Waals surface area contributed by atoms with E-state index in [1.54, 1.807) is 0 Å². The SMILES string of the molecule is Cc1ccc(C)c(OCC2OCCO2)c1C. The summed E-state index contributed by atoms with van der Waals surface area (Å²) in [5.74, 6) is 0.958. The Kier molecular flexibility index (Phi) is 3.46. The third-order valence-electron chi connectivity index (χ3n) is 2.93. The molecular weight excluding hydrogens is 204 g/mol. The predicted octanol–water partition coefficient (Wildman–Crippen LogP) is 2.36. The number of hydrogen-bond donors (Lipinski definition) is 0. The summed E-state index contributed by atoms with van der Waals surface area (Å²) < 4.78 is 16.5. The van der Waals surface area contributed by atoms with E-state index >= 15 is 0 Å². The van der Waals surface area contributed by atoms with Crippen LogP contribution in [0.3, 0.4) is 0 Å². The van der Waals surface area contributed by atoms with Crippen LogP contribution in [0.1, 0.15) is 16.7 Å². The summed E-state index contributed by atoms with van der Waals surface area (Å²) in [4.78, 5) is 0. The van der Waals surface area contributed by atoms with Gasteiger partial charge in [-0.3, -0.25) is 0 Å². The van der Waals surface area contributed by atoms with Crippen LogP contribution in [0.4, 0.5) is 0 Å². The standard InChI is InChI=1S/C13H18O3/c1-9-4-5-10(2)13(11(9)3)16-8-12-14-6-7-15-12/h4-5,12H,6-8H2,1-3H3. The molecule has 0 unspecified atom stereocenters. The molecule has 1 fully saturated rings. The van der Waals surface area contributed by atoms with Crippen LogP contribution in [-0.4, -0.2) is 26.1 Å². The molecule has 2 rings (SSSR count). The molecule has 0 aliphatic carbocycles. The van der Waals surface area contributed by atoms with Gasteiger partial charge in [0.15, 0.2) is 6.29 Å². The molecule has 1 aromatic carbocycles. The molecule has 0 atom stereocenters. The van der Waals surface area contributed by atoms with Crippen molar-refractivity contribution in [1.82, 2.24) is 0 Å². The van der Waals surface area contributed by atoms with Gasteiger partial charge in [0.1, 0.15) is 12.4 Å². The number of rotatable bonds is 3. The molecule has 0 bridgehead atoms. The van der Waals surface area contributed by atoms with E-state index in [1.165, 1.54) is 11.1 Å². The Hall–Kier alpha value is -1.06. The lowest BCUT2D eigenvalue weighted by molar-refractivity contribution is -0.0686. The lowest BCUT2D eigenvalue weighted by Gasteiger charge is -2.16. The Bertz CT molecular complexity index is 368. The highest BCUT2D eigenvalue weighted by Gasteiger charge is 2.17. The van der Waals surface area contributed by atoms with Crippen molar-refractivity contribution in [2.24, 2.45) is 0 Å². The Morgan fingerprint density at radius 3 is 2.44 bits per heavy atom. The van der Waals surface area contributed by atoms with Crippen LogP contribution < -0.4 is 4.74 Å². The Morgan fingerprint density at radius 1 is 1.12 bits per heavy atom.